The number of carbonyl (C=O) groups excluding carboxylic acids is 1. The van der Waals surface area contributed by atoms with Crippen LogP contribution < -0.4 is 0 Å². The maximum atomic E-state index is 10.5. The van der Waals surface area contributed by atoms with Crippen molar-refractivity contribution < 1.29 is 9.53 Å². The molecule has 0 amide bonds. The lowest BCUT2D eigenvalue weighted by Gasteiger charge is -2.31. The largest absolute Gasteiger partial charge is 0.368 e. The van der Waals surface area contributed by atoms with Crippen LogP contribution in [-0.4, -0.2) is 18.5 Å². The third-order valence-corrected chi connectivity index (χ3v) is 2.08. The van der Waals surface area contributed by atoms with Crippen LogP contribution in [-0.2, 0) is 9.53 Å². The molecule has 2 unspecified atom stereocenters. The quantitative estimate of drug-likeness (QED) is 0.517. The van der Waals surface area contributed by atoms with Gasteiger partial charge < -0.3 is 9.53 Å². The van der Waals surface area contributed by atoms with Crippen molar-refractivity contribution >= 4 is 6.29 Å². The second-order valence-electron chi connectivity index (χ2n) is 3.39. The van der Waals surface area contributed by atoms with E-state index in [0.717, 1.165) is 25.7 Å². The topological polar surface area (TPSA) is 26.3 Å². The molecule has 2 atom stereocenters. The van der Waals surface area contributed by atoms with Gasteiger partial charge >= 0.3 is 0 Å². The van der Waals surface area contributed by atoms with E-state index in [1.165, 1.54) is 0 Å². The van der Waals surface area contributed by atoms with Crippen molar-refractivity contribution in [3.8, 4) is 0 Å². The number of aldehydes is 1. The first-order valence-corrected chi connectivity index (χ1v) is 3.76. The van der Waals surface area contributed by atoms with Gasteiger partial charge in [0, 0.05) is 0 Å². The molecule has 1 aliphatic rings. The van der Waals surface area contributed by atoms with Crippen molar-refractivity contribution in [3.63, 3.8) is 0 Å². The van der Waals surface area contributed by atoms with Gasteiger partial charge in [-0.15, -0.1) is 0 Å². The molecule has 0 saturated carbocycles. The first-order chi connectivity index (χ1) is 4.66. The van der Waals surface area contributed by atoms with E-state index in [1.807, 2.05) is 6.92 Å². The van der Waals surface area contributed by atoms with Crippen molar-refractivity contribution in [3.05, 3.63) is 0 Å². The van der Waals surface area contributed by atoms with Crippen LogP contribution in [0.3, 0.4) is 0 Å². The lowest BCUT2D eigenvalue weighted by atomic mass is 9.92. The predicted octanol–water partition coefficient (Wildman–Crippen LogP) is 1.39. The lowest BCUT2D eigenvalue weighted by Crippen LogP contribution is -2.37. The van der Waals surface area contributed by atoms with Gasteiger partial charge in [-0.25, -0.2) is 0 Å². The maximum Gasteiger partial charge on any atom is 0.151 e. The van der Waals surface area contributed by atoms with Crippen molar-refractivity contribution in [2.45, 2.75) is 32.3 Å². The summed E-state index contributed by atoms with van der Waals surface area (Å²) in [5, 5.41) is 0. The Kier molecular flexibility index (Phi) is 2.09. The number of ether oxygens (including phenoxy) is 1. The molecule has 0 bridgehead atoms. The summed E-state index contributed by atoms with van der Waals surface area (Å²) in [6.07, 6.45) is 2.89. The molecule has 1 aliphatic heterocycles. The Morgan fingerprint density at radius 3 is 2.80 bits per heavy atom. The molecule has 0 aromatic carbocycles. The summed E-state index contributed by atoms with van der Waals surface area (Å²) in [5.41, 5.74) is -0.480. The normalized spacial score (nSPS) is 41.2. The highest BCUT2D eigenvalue weighted by atomic mass is 16.5. The highest BCUT2D eigenvalue weighted by Gasteiger charge is 2.29. The second-order valence-corrected chi connectivity index (χ2v) is 3.39. The summed E-state index contributed by atoms with van der Waals surface area (Å²) in [6.45, 7) is 4.73. The van der Waals surface area contributed by atoms with Crippen molar-refractivity contribution in [2.24, 2.45) is 5.92 Å². The Labute approximate surface area is 61.6 Å². The van der Waals surface area contributed by atoms with Gasteiger partial charge in [0.1, 0.15) is 5.60 Å². The lowest BCUT2D eigenvalue weighted by molar-refractivity contribution is -0.138. The molecule has 0 radical (unpaired) electrons. The molecule has 0 aromatic heterocycles. The first-order valence-electron chi connectivity index (χ1n) is 3.76. The molecule has 0 spiro atoms. The molecule has 1 saturated heterocycles. The maximum absolute atomic E-state index is 10.5. The van der Waals surface area contributed by atoms with E-state index in [2.05, 4.69) is 6.92 Å². The Balaban J connectivity index is 2.46. The molecule has 0 aliphatic carbocycles. The fourth-order valence-electron chi connectivity index (χ4n) is 1.11. The van der Waals surface area contributed by atoms with Crippen LogP contribution in [0, 0.1) is 5.92 Å². The Morgan fingerprint density at radius 2 is 2.40 bits per heavy atom. The number of hydrogen-bond acceptors (Lipinski definition) is 2. The van der Waals surface area contributed by atoms with Gasteiger partial charge in [-0.1, -0.05) is 6.92 Å². The number of hydrogen-bond donors (Lipinski definition) is 0. The number of carbonyl (C=O) groups is 1. The zero-order valence-electron chi connectivity index (χ0n) is 6.59. The molecular weight excluding hydrogens is 128 g/mol. The first kappa shape index (κ1) is 7.73. The monoisotopic (exact) mass is 142 g/mol. The SMILES string of the molecule is CC1CCC(C)(C=O)OC1. The average Bonchev–Trinajstić information content (AvgIpc) is 1.96. The van der Waals surface area contributed by atoms with Gasteiger partial charge in [-0.2, -0.15) is 0 Å². The Bertz CT molecular complexity index is 123. The fraction of sp³-hybridized carbons (Fsp3) is 0.875. The highest BCUT2D eigenvalue weighted by Crippen LogP contribution is 2.25. The molecule has 0 aromatic rings. The van der Waals surface area contributed by atoms with Crippen LogP contribution in [0.25, 0.3) is 0 Å². The minimum absolute atomic E-state index is 0.480. The molecule has 1 fully saturated rings. The third-order valence-electron chi connectivity index (χ3n) is 2.08. The van der Waals surface area contributed by atoms with Crippen LogP contribution >= 0.6 is 0 Å². The van der Waals surface area contributed by atoms with Crippen LogP contribution in [0.4, 0.5) is 0 Å². The predicted molar refractivity (Wildman–Crippen MR) is 38.8 cm³/mol. The molecule has 2 nitrogen and oxygen atoms in total. The zero-order valence-corrected chi connectivity index (χ0v) is 6.59. The van der Waals surface area contributed by atoms with Crippen LogP contribution in [0.15, 0.2) is 0 Å². The summed E-state index contributed by atoms with van der Waals surface area (Å²) in [4.78, 5) is 10.5. The van der Waals surface area contributed by atoms with E-state index in [9.17, 15) is 4.79 Å². The second kappa shape index (κ2) is 2.70. The van der Waals surface area contributed by atoms with E-state index >= 15 is 0 Å². The van der Waals surface area contributed by atoms with Crippen LogP contribution in [0.1, 0.15) is 26.7 Å². The summed E-state index contributed by atoms with van der Waals surface area (Å²) in [6, 6.07) is 0. The molecule has 1 heterocycles. The van der Waals surface area contributed by atoms with E-state index in [0.29, 0.717) is 5.92 Å². The minimum atomic E-state index is -0.480. The molecule has 58 valence electrons. The summed E-state index contributed by atoms with van der Waals surface area (Å²) >= 11 is 0. The van der Waals surface area contributed by atoms with Crippen molar-refractivity contribution in [1.29, 1.82) is 0 Å². The van der Waals surface area contributed by atoms with E-state index in [1.54, 1.807) is 0 Å². The van der Waals surface area contributed by atoms with Crippen molar-refractivity contribution in [1.82, 2.24) is 0 Å². The Morgan fingerprint density at radius 1 is 1.70 bits per heavy atom. The molecule has 0 N–H and O–H groups in total. The van der Waals surface area contributed by atoms with Gasteiger partial charge in [0.2, 0.25) is 0 Å². The van der Waals surface area contributed by atoms with Gasteiger partial charge in [0.05, 0.1) is 6.61 Å². The smallest absolute Gasteiger partial charge is 0.151 e. The summed E-state index contributed by atoms with van der Waals surface area (Å²) in [5.74, 6) is 0.619. The summed E-state index contributed by atoms with van der Waals surface area (Å²) < 4.78 is 5.36. The molecule has 1 rings (SSSR count). The standard InChI is InChI=1S/C8H14O2/c1-7-3-4-8(2,6-9)10-5-7/h6-7H,3-5H2,1-2H3. The molecule has 2 heteroatoms. The van der Waals surface area contributed by atoms with Gasteiger partial charge in [-0.3, -0.25) is 0 Å². The van der Waals surface area contributed by atoms with E-state index < -0.39 is 5.60 Å². The molecule has 10 heavy (non-hydrogen) atoms. The fourth-order valence-corrected chi connectivity index (χ4v) is 1.11. The van der Waals surface area contributed by atoms with Gasteiger partial charge in [0.15, 0.2) is 6.29 Å². The van der Waals surface area contributed by atoms with Gasteiger partial charge in [0.25, 0.3) is 0 Å². The van der Waals surface area contributed by atoms with Crippen LogP contribution in [0.5, 0.6) is 0 Å². The summed E-state index contributed by atoms with van der Waals surface area (Å²) in [7, 11) is 0. The van der Waals surface area contributed by atoms with E-state index in [4.69, 9.17) is 4.74 Å². The van der Waals surface area contributed by atoms with Crippen molar-refractivity contribution in [2.75, 3.05) is 6.61 Å². The van der Waals surface area contributed by atoms with Gasteiger partial charge in [-0.05, 0) is 25.7 Å². The van der Waals surface area contributed by atoms with Crippen LogP contribution in [0.2, 0.25) is 0 Å². The average molecular weight is 142 g/mol. The number of rotatable bonds is 1. The molecular formula is C8H14O2. The Hall–Kier alpha value is -0.370. The third kappa shape index (κ3) is 1.57. The van der Waals surface area contributed by atoms with E-state index in [-0.39, 0.29) is 0 Å². The highest BCUT2D eigenvalue weighted by molar-refractivity contribution is 5.61. The zero-order chi connectivity index (χ0) is 7.61. The minimum Gasteiger partial charge on any atom is -0.368 e.